The zero-order chi connectivity index (χ0) is 18.7. The largest absolute Gasteiger partial charge is 0.493 e. The lowest BCUT2D eigenvalue weighted by Gasteiger charge is -2.33. The molecule has 0 bridgehead atoms. The summed E-state index contributed by atoms with van der Waals surface area (Å²) >= 11 is 0. The van der Waals surface area contributed by atoms with Gasteiger partial charge < -0.3 is 23.7 Å². The van der Waals surface area contributed by atoms with Gasteiger partial charge in [-0.05, 0) is 43.2 Å². The Morgan fingerprint density at radius 3 is 2.23 bits per heavy atom. The van der Waals surface area contributed by atoms with Crippen LogP contribution in [0.15, 0.2) is 43.0 Å². The molecule has 1 aliphatic heterocycles. The van der Waals surface area contributed by atoms with E-state index in [9.17, 15) is 0 Å². The van der Waals surface area contributed by atoms with E-state index in [1.54, 1.807) is 21.3 Å². The van der Waals surface area contributed by atoms with E-state index in [0.29, 0.717) is 17.2 Å². The Labute approximate surface area is 154 Å². The predicted octanol–water partition coefficient (Wildman–Crippen LogP) is 4.34. The summed E-state index contributed by atoms with van der Waals surface area (Å²) in [6.45, 7) is 5.77. The summed E-state index contributed by atoms with van der Waals surface area (Å²) in [4.78, 5) is 0. The highest BCUT2D eigenvalue weighted by atomic mass is 16.6. The molecule has 26 heavy (non-hydrogen) atoms. The van der Waals surface area contributed by atoms with Crippen LogP contribution in [0.3, 0.4) is 0 Å². The maximum atomic E-state index is 6.28. The Morgan fingerprint density at radius 1 is 0.962 bits per heavy atom. The van der Waals surface area contributed by atoms with E-state index in [0.717, 1.165) is 29.0 Å². The Morgan fingerprint density at radius 2 is 1.65 bits per heavy atom. The second kappa shape index (κ2) is 7.60. The summed E-state index contributed by atoms with van der Waals surface area (Å²) < 4.78 is 28.7. The van der Waals surface area contributed by atoms with Crippen LogP contribution < -0.4 is 23.7 Å². The van der Waals surface area contributed by atoms with E-state index < -0.39 is 0 Å². The van der Waals surface area contributed by atoms with E-state index in [1.165, 1.54) is 0 Å². The van der Waals surface area contributed by atoms with Crippen molar-refractivity contribution < 1.29 is 23.7 Å². The summed E-state index contributed by atoms with van der Waals surface area (Å²) in [5.41, 5.74) is 2.02. The third-order valence-corrected chi connectivity index (χ3v) is 4.40. The van der Waals surface area contributed by atoms with Crippen molar-refractivity contribution >= 4 is 0 Å². The fraction of sp³-hybridized carbons (Fsp3) is 0.333. The second-order valence-corrected chi connectivity index (χ2v) is 6.09. The molecule has 0 spiro atoms. The van der Waals surface area contributed by atoms with Crippen LogP contribution in [-0.2, 0) is 6.42 Å². The molecule has 5 heteroatoms. The van der Waals surface area contributed by atoms with Gasteiger partial charge in [-0.15, -0.1) is 6.58 Å². The third kappa shape index (κ3) is 3.29. The molecule has 0 saturated heterocycles. The van der Waals surface area contributed by atoms with Crippen LogP contribution in [0.5, 0.6) is 28.7 Å². The highest BCUT2D eigenvalue weighted by molar-refractivity contribution is 5.55. The molecule has 3 rings (SSSR count). The number of rotatable bonds is 6. The molecule has 1 heterocycles. The van der Waals surface area contributed by atoms with E-state index in [1.807, 2.05) is 43.3 Å². The van der Waals surface area contributed by atoms with Crippen molar-refractivity contribution in [3.63, 3.8) is 0 Å². The Balaban J connectivity index is 1.99. The van der Waals surface area contributed by atoms with Gasteiger partial charge in [0.1, 0.15) is 6.10 Å². The lowest BCUT2D eigenvalue weighted by Crippen LogP contribution is -2.30. The number of fused-ring (bicyclic) bond motifs is 1. The minimum Gasteiger partial charge on any atom is -0.493 e. The summed E-state index contributed by atoms with van der Waals surface area (Å²) in [5.74, 6) is 3.19. The average Bonchev–Trinajstić information content (AvgIpc) is 2.66. The molecule has 5 nitrogen and oxygen atoms in total. The first-order valence-corrected chi connectivity index (χ1v) is 8.48. The molecule has 0 radical (unpaired) electrons. The van der Waals surface area contributed by atoms with Gasteiger partial charge in [-0.1, -0.05) is 12.1 Å². The van der Waals surface area contributed by atoms with Gasteiger partial charge in [0.25, 0.3) is 0 Å². The fourth-order valence-electron chi connectivity index (χ4n) is 3.13. The summed E-state index contributed by atoms with van der Waals surface area (Å²) in [6, 6.07) is 9.75. The number of hydrogen-bond donors (Lipinski definition) is 0. The van der Waals surface area contributed by atoms with Crippen LogP contribution in [-0.4, -0.2) is 27.4 Å². The number of ether oxygens (including phenoxy) is 5. The van der Waals surface area contributed by atoms with Gasteiger partial charge in [-0.3, -0.25) is 0 Å². The first-order valence-electron chi connectivity index (χ1n) is 8.48. The molecule has 0 saturated carbocycles. The first kappa shape index (κ1) is 18.0. The highest BCUT2D eigenvalue weighted by Gasteiger charge is 2.31. The topological polar surface area (TPSA) is 46.2 Å². The third-order valence-electron chi connectivity index (χ3n) is 4.40. The van der Waals surface area contributed by atoms with Crippen molar-refractivity contribution in [2.75, 3.05) is 21.3 Å². The normalized spacial score (nSPS) is 18.2. The molecule has 2 aromatic carbocycles. The summed E-state index contributed by atoms with van der Waals surface area (Å²) in [6.07, 6.45) is 2.18. The Hall–Kier alpha value is -2.82. The SMILES string of the molecule is C=CCc1ccc2c(c1)O[C@H](c1cc(OC)c(OC)c(OC)c1)[C@H](C)O2. The monoisotopic (exact) mass is 356 g/mol. The average molecular weight is 356 g/mol. The molecular formula is C21H24O5. The Kier molecular flexibility index (Phi) is 5.26. The Bertz CT molecular complexity index is 774. The first-order chi connectivity index (χ1) is 12.6. The van der Waals surface area contributed by atoms with Crippen LogP contribution in [0.1, 0.15) is 24.2 Å². The zero-order valence-electron chi connectivity index (χ0n) is 15.6. The molecule has 0 amide bonds. The molecule has 138 valence electrons. The number of allylic oxidation sites excluding steroid dienone is 1. The van der Waals surface area contributed by atoms with Crippen LogP contribution in [0.4, 0.5) is 0 Å². The summed E-state index contributed by atoms with van der Waals surface area (Å²) in [5, 5.41) is 0. The van der Waals surface area contributed by atoms with Gasteiger partial charge in [0, 0.05) is 5.56 Å². The van der Waals surface area contributed by atoms with Gasteiger partial charge >= 0.3 is 0 Å². The second-order valence-electron chi connectivity index (χ2n) is 6.09. The van der Waals surface area contributed by atoms with Gasteiger partial charge in [0.2, 0.25) is 5.75 Å². The fourth-order valence-corrected chi connectivity index (χ4v) is 3.13. The van der Waals surface area contributed by atoms with Crippen LogP contribution in [0.2, 0.25) is 0 Å². The van der Waals surface area contributed by atoms with E-state index in [-0.39, 0.29) is 12.2 Å². The number of hydrogen-bond acceptors (Lipinski definition) is 5. The van der Waals surface area contributed by atoms with Crippen molar-refractivity contribution in [2.24, 2.45) is 0 Å². The van der Waals surface area contributed by atoms with E-state index >= 15 is 0 Å². The number of benzene rings is 2. The van der Waals surface area contributed by atoms with Crippen molar-refractivity contribution in [3.8, 4) is 28.7 Å². The molecule has 0 unspecified atom stereocenters. The molecular weight excluding hydrogens is 332 g/mol. The van der Waals surface area contributed by atoms with Gasteiger partial charge in [-0.25, -0.2) is 0 Å². The van der Waals surface area contributed by atoms with Crippen LogP contribution >= 0.6 is 0 Å². The van der Waals surface area contributed by atoms with Crippen LogP contribution in [0, 0.1) is 0 Å². The van der Waals surface area contributed by atoms with E-state index in [2.05, 4.69) is 6.58 Å². The van der Waals surface area contributed by atoms with Crippen molar-refractivity contribution in [3.05, 3.63) is 54.1 Å². The van der Waals surface area contributed by atoms with Crippen LogP contribution in [0.25, 0.3) is 0 Å². The standard InChI is InChI=1S/C21H24O5/c1-6-7-14-8-9-16-17(10-14)26-20(13(2)25-16)15-11-18(22-3)21(24-5)19(12-15)23-4/h6,8-13,20H,1,7H2,2-5H3/t13-,20-/m0/s1. The lowest BCUT2D eigenvalue weighted by atomic mass is 10.0. The van der Waals surface area contributed by atoms with E-state index in [4.69, 9.17) is 23.7 Å². The molecule has 0 aliphatic carbocycles. The van der Waals surface area contributed by atoms with Crippen molar-refractivity contribution in [2.45, 2.75) is 25.6 Å². The van der Waals surface area contributed by atoms with Gasteiger partial charge in [0.05, 0.1) is 21.3 Å². The zero-order valence-corrected chi connectivity index (χ0v) is 15.6. The molecule has 2 atom stereocenters. The van der Waals surface area contributed by atoms with Crippen molar-refractivity contribution in [1.29, 1.82) is 0 Å². The molecule has 0 fully saturated rings. The minimum atomic E-state index is -0.296. The maximum Gasteiger partial charge on any atom is 0.203 e. The summed E-state index contributed by atoms with van der Waals surface area (Å²) in [7, 11) is 4.78. The number of methoxy groups -OCH3 is 3. The quantitative estimate of drug-likeness (QED) is 0.721. The predicted molar refractivity (Wildman–Crippen MR) is 99.9 cm³/mol. The highest BCUT2D eigenvalue weighted by Crippen LogP contribution is 2.44. The minimum absolute atomic E-state index is 0.171. The lowest BCUT2D eigenvalue weighted by molar-refractivity contribution is 0.0303. The molecule has 0 N–H and O–H groups in total. The van der Waals surface area contributed by atoms with Gasteiger partial charge in [0.15, 0.2) is 29.1 Å². The molecule has 0 aromatic heterocycles. The maximum absolute atomic E-state index is 6.28. The van der Waals surface area contributed by atoms with Gasteiger partial charge in [-0.2, -0.15) is 0 Å². The smallest absolute Gasteiger partial charge is 0.203 e. The molecule has 2 aromatic rings. The van der Waals surface area contributed by atoms with Crippen molar-refractivity contribution in [1.82, 2.24) is 0 Å². The molecule has 1 aliphatic rings.